The maximum atomic E-state index is 12.8. The zero-order chi connectivity index (χ0) is 21.0. The van der Waals surface area contributed by atoms with Gasteiger partial charge in [-0.1, -0.05) is 24.9 Å². The van der Waals surface area contributed by atoms with Gasteiger partial charge in [-0.15, -0.1) is 0 Å². The second kappa shape index (κ2) is 9.13. The van der Waals surface area contributed by atoms with Crippen LogP contribution in [-0.4, -0.2) is 33.9 Å². The maximum Gasteiger partial charge on any atom is 0.255 e. The summed E-state index contributed by atoms with van der Waals surface area (Å²) >= 11 is 6.39. The van der Waals surface area contributed by atoms with E-state index in [2.05, 4.69) is 22.3 Å². The highest BCUT2D eigenvalue weighted by molar-refractivity contribution is 6.32. The van der Waals surface area contributed by atoms with E-state index >= 15 is 0 Å². The van der Waals surface area contributed by atoms with Gasteiger partial charge in [-0.3, -0.25) is 9.48 Å². The molecule has 0 saturated heterocycles. The van der Waals surface area contributed by atoms with Gasteiger partial charge in [0.05, 0.1) is 35.8 Å². The van der Waals surface area contributed by atoms with Crippen LogP contribution in [0.4, 0.5) is 5.69 Å². The van der Waals surface area contributed by atoms with Gasteiger partial charge in [-0.25, -0.2) is 4.98 Å². The van der Waals surface area contributed by atoms with Crippen LogP contribution in [0, 0.1) is 6.92 Å². The summed E-state index contributed by atoms with van der Waals surface area (Å²) in [6, 6.07) is 5.09. The molecular weight excluding hydrogens is 392 g/mol. The van der Waals surface area contributed by atoms with Gasteiger partial charge >= 0.3 is 0 Å². The van der Waals surface area contributed by atoms with Gasteiger partial charge in [-0.2, -0.15) is 5.10 Å². The Morgan fingerprint density at radius 3 is 2.76 bits per heavy atom. The number of benzene rings is 1. The molecule has 0 bridgehead atoms. The number of hydrogen-bond acceptors (Lipinski definition) is 5. The Hall–Kier alpha value is -2.80. The van der Waals surface area contributed by atoms with Crippen molar-refractivity contribution in [1.82, 2.24) is 14.8 Å². The van der Waals surface area contributed by atoms with E-state index in [9.17, 15) is 4.79 Å². The number of ether oxygens (including phenoxy) is 2. The van der Waals surface area contributed by atoms with E-state index in [0.29, 0.717) is 41.0 Å². The monoisotopic (exact) mass is 416 g/mol. The third-order valence-electron chi connectivity index (χ3n) is 4.44. The van der Waals surface area contributed by atoms with Gasteiger partial charge in [0.15, 0.2) is 17.1 Å². The van der Waals surface area contributed by atoms with Crippen LogP contribution in [0.1, 0.15) is 42.7 Å². The highest BCUT2D eigenvalue weighted by atomic mass is 35.5. The molecule has 0 aliphatic heterocycles. The number of carbonyl (C=O) groups is 1. The Labute approximate surface area is 175 Å². The van der Waals surface area contributed by atoms with Crippen LogP contribution in [0.3, 0.4) is 0 Å². The Bertz CT molecular complexity index is 1030. The quantitative estimate of drug-likeness (QED) is 0.535. The second-order valence-electron chi connectivity index (χ2n) is 6.68. The topological polar surface area (TPSA) is 78.3 Å². The van der Waals surface area contributed by atoms with E-state index in [4.69, 9.17) is 21.1 Å². The maximum absolute atomic E-state index is 12.8. The number of carbonyl (C=O) groups excluding carboxylic acids is 1. The van der Waals surface area contributed by atoms with Crippen molar-refractivity contribution in [2.45, 2.75) is 33.6 Å². The highest BCUT2D eigenvalue weighted by Crippen LogP contribution is 2.37. The first-order valence-electron chi connectivity index (χ1n) is 9.64. The largest absolute Gasteiger partial charge is 0.490 e. The lowest BCUT2D eigenvalue weighted by atomic mass is 10.1. The molecule has 0 radical (unpaired) electrons. The fourth-order valence-electron chi connectivity index (χ4n) is 3.00. The summed E-state index contributed by atoms with van der Waals surface area (Å²) in [5, 5.41) is 8.44. The Morgan fingerprint density at radius 1 is 1.24 bits per heavy atom. The normalized spacial score (nSPS) is 10.9. The van der Waals surface area contributed by atoms with Gasteiger partial charge in [-0.05, 0) is 38.5 Å². The van der Waals surface area contributed by atoms with Crippen molar-refractivity contribution in [2.75, 3.05) is 18.5 Å². The standard InChI is InChI=1S/C21H25ClN4O3/c1-5-7-8-29-19-17(22)9-14(10-18(19)28-6-2)21(27)24-15-11-16-13(3)25-26(4)20(16)23-12-15/h9-12H,5-8H2,1-4H3,(H,24,27). The van der Waals surface area contributed by atoms with E-state index < -0.39 is 0 Å². The number of unbranched alkanes of at least 4 members (excludes halogenated alkanes) is 1. The number of rotatable bonds is 8. The van der Waals surface area contributed by atoms with Gasteiger partial charge in [0.2, 0.25) is 0 Å². The molecule has 2 aromatic heterocycles. The lowest BCUT2D eigenvalue weighted by molar-refractivity contribution is 0.102. The molecule has 1 aromatic carbocycles. The summed E-state index contributed by atoms with van der Waals surface area (Å²) in [6.45, 7) is 6.83. The van der Waals surface area contributed by atoms with Crippen LogP contribution in [0.15, 0.2) is 24.4 Å². The van der Waals surface area contributed by atoms with E-state index in [1.165, 1.54) is 0 Å². The van der Waals surface area contributed by atoms with Crippen LogP contribution in [-0.2, 0) is 7.05 Å². The van der Waals surface area contributed by atoms with Crippen molar-refractivity contribution in [3.05, 3.63) is 40.7 Å². The third-order valence-corrected chi connectivity index (χ3v) is 4.72. The Morgan fingerprint density at radius 2 is 2.03 bits per heavy atom. The van der Waals surface area contributed by atoms with Crippen LogP contribution in [0.5, 0.6) is 11.5 Å². The lowest BCUT2D eigenvalue weighted by Crippen LogP contribution is -2.13. The number of nitrogens with zero attached hydrogens (tertiary/aromatic N) is 3. The molecule has 3 rings (SSSR count). The molecule has 2 heterocycles. The number of hydrogen-bond donors (Lipinski definition) is 1. The number of amides is 1. The highest BCUT2D eigenvalue weighted by Gasteiger charge is 2.17. The predicted octanol–water partition coefficient (Wildman–Crippen LogP) is 4.76. The van der Waals surface area contributed by atoms with E-state index in [0.717, 1.165) is 29.6 Å². The van der Waals surface area contributed by atoms with Crippen molar-refractivity contribution in [3.63, 3.8) is 0 Å². The van der Waals surface area contributed by atoms with Crippen molar-refractivity contribution >= 4 is 34.2 Å². The lowest BCUT2D eigenvalue weighted by Gasteiger charge is -2.15. The number of halogens is 1. The number of pyridine rings is 1. The molecule has 1 N–H and O–H groups in total. The molecule has 0 fully saturated rings. The smallest absolute Gasteiger partial charge is 0.255 e. The first-order valence-corrected chi connectivity index (χ1v) is 10.0. The minimum atomic E-state index is -0.310. The molecular formula is C21H25ClN4O3. The minimum Gasteiger partial charge on any atom is -0.490 e. The van der Waals surface area contributed by atoms with E-state index in [-0.39, 0.29) is 5.91 Å². The van der Waals surface area contributed by atoms with Crippen molar-refractivity contribution in [2.24, 2.45) is 7.05 Å². The van der Waals surface area contributed by atoms with Crippen LogP contribution < -0.4 is 14.8 Å². The molecule has 8 heteroatoms. The molecule has 29 heavy (non-hydrogen) atoms. The summed E-state index contributed by atoms with van der Waals surface area (Å²) in [5.74, 6) is 0.612. The summed E-state index contributed by atoms with van der Waals surface area (Å²) < 4.78 is 13.1. The number of nitrogens with one attached hydrogen (secondary N) is 1. The fourth-order valence-corrected chi connectivity index (χ4v) is 3.27. The first kappa shape index (κ1) is 20.9. The molecule has 0 aliphatic carbocycles. The molecule has 154 valence electrons. The first-order chi connectivity index (χ1) is 13.9. The molecule has 0 aliphatic rings. The molecule has 7 nitrogen and oxygen atoms in total. The number of anilines is 1. The third kappa shape index (κ3) is 4.62. The van der Waals surface area contributed by atoms with E-state index in [1.807, 2.05) is 27.0 Å². The second-order valence-corrected chi connectivity index (χ2v) is 7.09. The van der Waals surface area contributed by atoms with E-state index in [1.54, 1.807) is 23.0 Å². The zero-order valence-electron chi connectivity index (χ0n) is 17.1. The molecule has 0 unspecified atom stereocenters. The molecule has 0 atom stereocenters. The average molecular weight is 417 g/mol. The van der Waals surface area contributed by atoms with Gasteiger partial charge < -0.3 is 14.8 Å². The van der Waals surface area contributed by atoms with Gasteiger partial charge in [0, 0.05) is 18.0 Å². The summed E-state index contributed by atoms with van der Waals surface area (Å²) in [6.07, 6.45) is 3.53. The number of fused-ring (bicyclic) bond motifs is 1. The summed E-state index contributed by atoms with van der Waals surface area (Å²) in [5.41, 5.74) is 2.57. The Kier molecular flexibility index (Phi) is 6.59. The van der Waals surface area contributed by atoms with Gasteiger partial charge in [0.1, 0.15) is 0 Å². The average Bonchev–Trinajstić information content (AvgIpc) is 2.97. The molecule has 0 spiro atoms. The van der Waals surface area contributed by atoms with Crippen LogP contribution >= 0.6 is 11.6 Å². The van der Waals surface area contributed by atoms with Crippen molar-refractivity contribution in [3.8, 4) is 11.5 Å². The number of aromatic nitrogens is 3. The van der Waals surface area contributed by atoms with Crippen LogP contribution in [0.25, 0.3) is 11.0 Å². The zero-order valence-corrected chi connectivity index (χ0v) is 17.8. The number of aryl methyl sites for hydroxylation is 2. The summed E-state index contributed by atoms with van der Waals surface area (Å²) in [7, 11) is 1.84. The molecule has 3 aromatic rings. The SMILES string of the molecule is CCCCOc1c(Cl)cc(C(=O)Nc2cnc3c(c2)c(C)nn3C)cc1OCC. The van der Waals surface area contributed by atoms with Gasteiger partial charge in [0.25, 0.3) is 5.91 Å². The molecule has 1 amide bonds. The molecule has 0 saturated carbocycles. The van der Waals surface area contributed by atoms with Crippen LogP contribution in [0.2, 0.25) is 5.02 Å². The van der Waals surface area contributed by atoms with Crippen molar-refractivity contribution in [1.29, 1.82) is 0 Å². The fraction of sp³-hybridized carbons (Fsp3) is 0.381. The predicted molar refractivity (Wildman–Crippen MR) is 114 cm³/mol. The summed E-state index contributed by atoms with van der Waals surface area (Å²) in [4.78, 5) is 17.2. The minimum absolute atomic E-state index is 0.310. The Balaban J connectivity index is 1.85. The van der Waals surface area contributed by atoms with Crippen molar-refractivity contribution < 1.29 is 14.3 Å².